The molecule has 0 bridgehead atoms. The van der Waals surface area contributed by atoms with E-state index in [-0.39, 0.29) is 0 Å². The standard InChI is InChI=1S/C24H33N7/c1-4-31(5-2)17-20-15-21(9-7-18(20)3)29-24-27-14-11-22(30-24)19-8-10-23(28-16-19)26-13-6-12-25/h7-11,14-16H,4-6,12-13,17,25H2,1-3H3,(H,26,28)(H,27,29,30). The number of nitrogens with zero attached hydrogens (tertiary/aromatic N) is 4. The molecule has 2 aromatic heterocycles. The molecule has 3 aromatic rings. The van der Waals surface area contributed by atoms with Gasteiger partial charge in [0.25, 0.3) is 0 Å². The third-order valence-corrected chi connectivity index (χ3v) is 5.30. The zero-order valence-electron chi connectivity index (χ0n) is 18.7. The van der Waals surface area contributed by atoms with Crippen LogP contribution in [0.5, 0.6) is 0 Å². The van der Waals surface area contributed by atoms with Crippen molar-refractivity contribution in [2.24, 2.45) is 5.73 Å². The van der Waals surface area contributed by atoms with Gasteiger partial charge >= 0.3 is 0 Å². The van der Waals surface area contributed by atoms with E-state index in [0.717, 1.165) is 55.4 Å². The molecule has 0 saturated carbocycles. The van der Waals surface area contributed by atoms with Crippen LogP contribution in [0, 0.1) is 6.92 Å². The van der Waals surface area contributed by atoms with Gasteiger partial charge in [-0.15, -0.1) is 0 Å². The molecule has 7 nitrogen and oxygen atoms in total. The van der Waals surface area contributed by atoms with Crippen molar-refractivity contribution in [3.05, 3.63) is 59.9 Å². The predicted octanol–water partition coefficient (Wildman–Crippen LogP) is 4.19. The highest BCUT2D eigenvalue weighted by Gasteiger charge is 2.08. The molecule has 0 unspecified atom stereocenters. The SMILES string of the molecule is CCN(CC)Cc1cc(Nc2nccc(-c3ccc(NCCCN)nc3)n2)ccc1C. The van der Waals surface area contributed by atoms with Crippen LogP contribution in [0.15, 0.2) is 48.8 Å². The number of aromatic nitrogens is 3. The summed E-state index contributed by atoms with van der Waals surface area (Å²) < 4.78 is 0. The Kier molecular flexibility index (Phi) is 8.32. The fourth-order valence-electron chi connectivity index (χ4n) is 3.28. The Morgan fingerprint density at radius 2 is 1.87 bits per heavy atom. The first-order valence-electron chi connectivity index (χ1n) is 10.9. The van der Waals surface area contributed by atoms with Crippen LogP contribution in [0.3, 0.4) is 0 Å². The fourth-order valence-corrected chi connectivity index (χ4v) is 3.28. The molecule has 7 heteroatoms. The first-order chi connectivity index (χ1) is 15.1. The second kappa shape index (κ2) is 11.4. The number of hydrogen-bond acceptors (Lipinski definition) is 7. The van der Waals surface area contributed by atoms with E-state index in [9.17, 15) is 0 Å². The highest BCUT2D eigenvalue weighted by molar-refractivity contribution is 5.63. The van der Waals surface area contributed by atoms with Crippen LogP contribution in [0.4, 0.5) is 17.5 Å². The minimum Gasteiger partial charge on any atom is -0.370 e. The number of rotatable bonds is 11. The molecule has 31 heavy (non-hydrogen) atoms. The number of anilines is 3. The zero-order chi connectivity index (χ0) is 22.1. The van der Waals surface area contributed by atoms with Crippen molar-refractivity contribution in [2.45, 2.75) is 33.7 Å². The topological polar surface area (TPSA) is 92.0 Å². The van der Waals surface area contributed by atoms with Crippen LogP contribution in [0.1, 0.15) is 31.4 Å². The van der Waals surface area contributed by atoms with Crippen LogP contribution in [0.25, 0.3) is 11.3 Å². The first-order valence-corrected chi connectivity index (χ1v) is 10.9. The van der Waals surface area contributed by atoms with E-state index in [2.05, 4.69) is 69.5 Å². The summed E-state index contributed by atoms with van der Waals surface area (Å²) in [5, 5.41) is 6.61. The third-order valence-electron chi connectivity index (χ3n) is 5.30. The number of aryl methyl sites for hydroxylation is 1. The van der Waals surface area contributed by atoms with E-state index in [0.29, 0.717) is 12.5 Å². The zero-order valence-corrected chi connectivity index (χ0v) is 18.7. The summed E-state index contributed by atoms with van der Waals surface area (Å²) in [5.74, 6) is 1.41. The molecule has 0 atom stereocenters. The van der Waals surface area contributed by atoms with E-state index in [4.69, 9.17) is 5.73 Å². The molecular formula is C24H33N7. The lowest BCUT2D eigenvalue weighted by Gasteiger charge is -2.20. The Hall–Kier alpha value is -3.03. The van der Waals surface area contributed by atoms with Gasteiger partial charge in [-0.1, -0.05) is 19.9 Å². The molecule has 4 N–H and O–H groups in total. The normalized spacial score (nSPS) is 11.0. The predicted molar refractivity (Wildman–Crippen MR) is 129 cm³/mol. The minimum atomic E-state index is 0.570. The third kappa shape index (κ3) is 6.47. The van der Waals surface area contributed by atoms with Crippen molar-refractivity contribution in [3.8, 4) is 11.3 Å². The summed E-state index contributed by atoms with van der Waals surface area (Å²) >= 11 is 0. The maximum atomic E-state index is 5.53. The molecule has 2 heterocycles. The van der Waals surface area contributed by atoms with E-state index < -0.39 is 0 Å². The highest BCUT2D eigenvalue weighted by Crippen LogP contribution is 2.22. The summed E-state index contributed by atoms with van der Waals surface area (Å²) in [7, 11) is 0. The number of benzene rings is 1. The number of nitrogens with two attached hydrogens (primary N) is 1. The van der Waals surface area contributed by atoms with Crippen LogP contribution >= 0.6 is 0 Å². The molecule has 0 radical (unpaired) electrons. The van der Waals surface area contributed by atoms with E-state index in [1.807, 2.05) is 24.4 Å². The number of pyridine rings is 1. The number of nitrogens with one attached hydrogen (secondary N) is 2. The molecule has 0 saturated heterocycles. The van der Waals surface area contributed by atoms with E-state index in [1.54, 1.807) is 6.20 Å². The van der Waals surface area contributed by atoms with Gasteiger partial charge in [0.1, 0.15) is 5.82 Å². The summed E-state index contributed by atoms with van der Waals surface area (Å²) in [6, 6.07) is 12.3. The Morgan fingerprint density at radius 1 is 1.03 bits per heavy atom. The lowest BCUT2D eigenvalue weighted by Crippen LogP contribution is -2.22. The van der Waals surface area contributed by atoms with Crippen molar-refractivity contribution in [2.75, 3.05) is 36.8 Å². The first kappa shape index (κ1) is 22.7. The molecule has 0 aliphatic carbocycles. The molecule has 0 amide bonds. The second-order valence-electron chi connectivity index (χ2n) is 7.49. The minimum absolute atomic E-state index is 0.570. The second-order valence-corrected chi connectivity index (χ2v) is 7.49. The van der Waals surface area contributed by atoms with Gasteiger partial charge in [0.15, 0.2) is 0 Å². The Morgan fingerprint density at radius 3 is 2.58 bits per heavy atom. The maximum absolute atomic E-state index is 5.53. The summed E-state index contributed by atoms with van der Waals surface area (Å²) in [6.45, 7) is 11.0. The van der Waals surface area contributed by atoms with Gasteiger partial charge in [0.05, 0.1) is 5.69 Å². The monoisotopic (exact) mass is 419 g/mol. The van der Waals surface area contributed by atoms with Crippen LogP contribution in [-0.4, -0.2) is 46.0 Å². The van der Waals surface area contributed by atoms with Gasteiger partial charge in [-0.05, 0) is 74.4 Å². The van der Waals surface area contributed by atoms with Crippen molar-refractivity contribution >= 4 is 17.5 Å². The van der Waals surface area contributed by atoms with E-state index >= 15 is 0 Å². The Balaban J connectivity index is 1.72. The molecule has 0 fully saturated rings. The average Bonchev–Trinajstić information content (AvgIpc) is 2.80. The quantitative estimate of drug-likeness (QED) is 0.401. The molecule has 164 valence electrons. The van der Waals surface area contributed by atoms with Gasteiger partial charge in [-0.3, -0.25) is 4.90 Å². The van der Waals surface area contributed by atoms with Crippen LogP contribution in [0.2, 0.25) is 0 Å². The smallest absolute Gasteiger partial charge is 0.227 e. The summed E-state index contributed by atoms with van der Waals surface area (Å²) in [4.78, 5) is 16.0. The van der Waals surface area contributed by atoms with Crippen LogP contribution in [-0.2, 0) is 6.54 Å². The molecule has 0 aliphatic rings. The highest BCUT2D eigenvalue weighted by atomic mass is 15.1. The summed E-state index contributed by atoms with van der Waals surface area (Å²) in [6.07, 6.45) is 4.51. The average molecular weight is 420 g/mol. The van der Waals surface area contributed by atoms with Gasteiger partial charge in [0, 0.05) is 36.7 Å². The largest absolute Gasteiger partial charge is 0.370 e. The van der Waals surface area contributed by atoms with E-state index in [1.165, 1.54) is 11.1 Å². The van der Waals surface area contributed by atoms with Gasteiger partial charge in [0.2, 0.25) is 5.95 Å². The maximum Gasteiger partial charge on any atom is 0.227 e. The summed E-state index contributed by atoms with van der Waals surface area (Å²) in [5.41, 5.74) is 10.9. The molecule has 3 rings (SSSR count). The molecule has 0 aliphatic heterocycles. The number of hydrogen-bond donors (Lipinski definition) is 3. The van der Waals surface area contributed by atoms with Crippen molar-refractivity contribution in [1.82, 2.24) is 19.9 Å². The molecule has 1 aromatic carbocycles. The van der Waals surface area contributed by atoms with Crippen molar-refractivity contribution < 1.29 is 0 Å². The fraction of sp³-hybridized carbons (Fsp3) is 0.375. The lowest BCUT2D eigenvalue weighted by atomic mass is 10.1. The van der Waals surface area contributed by atoms with Gasteiger partial charge in [-0.25, -0.2) is 15.0 Å². The van der Waals surface area contributed by atoms with Gasteiger partial charge in [-0.2, -0.15) is 0 Å². The van der Waals surface area contributed by atoms with Gasteiger partial charge < -0.3 is 16.4 Å². The van der Waals surface area contributed by atoms with Crippen molar-refractivity contribution in [1.29, 1.82) is 0 Å². The lowest BCUT2D eigenvalue weighted by molar-refractivity contribution is 0.295. The Labute approximate surface area is 185 Å². The van der Waals surface area contributed by atoms with Crippen LogP contribution < -0.4 is 16.4 Å². The molecule has 0 spiro atoms. The van der Waals surface area contributed by atoms with Crippen molar-refractivity contribution in [3.63, 3.8) is 0 Å². The Bertz CT molecular complexity index is 952. The molecular weight excluding hydrogens is 386 g/mol.